The molecular weight excluding hydrogens is 242 g/mol. The van der Waals surface area contributed by atoms with E-state index in [0.29, 0.717) is 5.76 Å². The van der Waals surface area contributed by atoms with E-state index in [1.165, 1.54) is 0 Å². The molecule has 0 unspecified atom stereocenters. The first kappa shape index (κ1) is 12.7. The average molecular weight is 263 g/mol. The van der Waals surface area contributed by atoms with E-state index in [0.717, 1.165) is 56.9 Å². The Balaban J connectivity index is 1.74. The van der Waals surface area contributed by atoms with Crippen molar-refractivity contribution in [1.82, 2.24) is 4.90 Å². The van der Waals surface area contributed by atoms with Gasteiger partial charge in [0.15, 0.2) is 5.76 Å². The molecule has 104 valence electrons. The van der Waals surface area contributed by atoms with Crippen molar-refractivity contribution in [1.29, 1.82) is 0 Å². The summed E-state index contributed by atoms with van der Waals surface area (Å²) in [5.41, 5.74) is 1.29. The third-order valence-electron chi connectivity index (χ3n) is 4.46. The minimum Gasteiger partial charge on any atom is -0.456 e. The number of nitrogens with zero attached hydrogens (tertiary/aromatic N) is 1. The van der Waals surface area contributed by atoms with Gasteiger partial charge in [0.05, 0.1) is 6.61 Å². The van der Waals surface area contributed by atoms with Gasteiger partial charge in [0.25, 0.3) is 5.91 Å². The van der Waals surface area contributed by atoms with Gasteiger partial charge >= 0.3 is 0 Å². The lowest BCUT2D eigenvalue weighted by atomic mass is 9.87. The molecule has 0 bridgehead atoms. The van der Waals surface area contributed by atoms with Gasteiger partial charge in [0, 0.05) is 31.5 Å². The molecule has 1 spiro atoms. The fraction of sp³-hybridized carbons (Fsp3) is 0.667. The molecule has 0 saturated carbocycles. The third kappa shape index (κ3) is 2.18. The number of rotatable bonds is 2. The maximum absolute atomic E-state index is 12.5. The van der Waals surface area contributed by atoms with Gasteiger partial charge < -0.3 is 14.1 Å². The highest BCUT2D eigenvalue weighted by Gasteiger charge is 2.43. The van der Waals surface area contributed by atoms with Gasteiger partial charge in [-0.2, -0.15) is 0 Å². The summed E-state index contributed by atoms with van der Waals surface area (Å²) in [7, 11) is 0. The van der Waals surface area contributed by atoms with Crippen LogP contribution in [0.5, 0.6) is 0 Å². The SMILES string of the molecule is CCc1oc(C(=O)N2CC[C@]3(CCOC3)C2)cc1C. The molecular formula is C15H21NO3. The van der Waals surface area contributed by atoms with Gasteiger partial charge in [-0.25, -0.2) is 0 Å². The van der Waals surface area contributed by atoms with Crippen molar-refractivity contribution in [2.75, 3.05) is 26.3 Å². The maximum atomic E-state index is 12.5. The van der Waals surface area contributed by atoms with Crippen molar-refractivity contribution in [3.8, 4) is 0 Å². The molecule has 4 heteroatoms. The Hall–Kier alpha value is -1.29. The molecule has 3 rings (SSSR count). The van der Waals surface area contributed by atoms with Gasteiger partial charge in [-0.15, -0.1) is 0 Å². The molecule has 1 aromatic rings. The number of carbonyl (C=O) groups excluding carboxylic acids is 1. The number of hydrogen-bond donors (Lipinski definition) is 0. The molecule has 19 heavy (non-hydrogen) atoms. The number of carbonyl (C=O) groups is 1. The molecule has 0 aliphatic carbocycles. The van der Waals surface area contributed by atoms with Crippen molar-refractivity contribution in [3.05, 3.63) is 23.2 Å². The monoisotopic (exact) mass is 263 g/mol. The zero-order chi connectivity index (χ0) is 13.5. The van der Waals surface area contributed by atoms with Crippen LogP contribution >= 0.6 is 0 Å². The fourth-order valence-electron chi connectivity index (χ4n) is 3.21. The maximum Gasteiger partial charge on any atom is 0.289 e. The Morgan fingerprint density at radius 3 is 2.95 bits per heavy atom. The molecule has 0 radical (unpaired) electrons. The summed E-state index contributed by atoms with van der Waals surface area (Å²) >= 11 is 0. The first-order valence-electron chi connectivity index (χ1n) is 7.10. The smallest absolute Gasteiger partial charge is 0.289 e. The molecule has 1 atom stereocenters. The van der Waals surface area contributed by atoms with E-state index >= 15 is 0 Å². The Bertz CT molecular complexity index is 486. The van der Waals surface area contributed by atoms with Crippen LogP contribution in [0.15, 0.2) is 10.5 Å². The zero-order valence-corrected chi connectivity index (χ0v) is 11.7. The lowest BCUT2D eigenvalue weighted by Crippen LogP contribution is -2.32. The molecule has 2 fully saturated rings. The normalized spacial score (nSPS) is 26.5. The highest BCUT2D eigenvalue weighted by molar-refractivity contribution is 5.92. The quantitative estimate of drug-likeness (QED) is 0.823. The van der Waals surface area contributed by atoms with Gasteiger partial charge in [0.2, 0.25) is 0 Å². The Morgan fingerprint density at radius 2 is 2.32 bits per heavy atom. The predicted molar refractivity (Wildman–Crippen MR) is 71.2 cm³/mol. The van der Waals surface area contributed by atoms with Gasteiger partial charge in [0.1, 0.15) is 5.76 Å². The first-order valence-corrected chi connectivity index (χ1v) is 7.10. The number of hydrogen-bond acceptors (Lipinski definition) is 3. The molecule has 0 aromatic carbocycles. The summed E-state index contributed by atoms with van der Waals surface area (Å²) in [6.45, 7) is 7.31. The number of amides is 1. The molecule has 3 heterocycles. The van der Waals surface area contributed by atoms with Crippen molar-refractivity contribution in [2.45, 2.75) is 33.1 Å². The van der Waals surface area contributed by atoms with Crippen LogP contribution in [0.2, 0.25) is 0 Å². The summed E-state index contributed by atoms with van der Waals surface area (Å²) in [6, 6.07) is 1.87. The summed E-state index contributed by atoms with van der Waals surface area (Å²) < 4.78 is 11.2. The number of likely N-dealkylation sites (tertiary alicyclic amines) is 1. The van der Waals surface area contributed by atoms with Crippen molar-refractivity contribution in [2.24, 2.45) is 5.41 Å². The summed E-state index contributed by atoms with van der Waals surface area (Å²) in [4.78, 5) is 14.4. The van der Waals surface area contributed by atoms with Crippen molar-refractivity contribution >= 4 is 5.91 Å². The Kier molecular flexibility index (Phi) is 3.13. The van der Waals surface area contributed by atoms with E-state index in [2.05, 4.69) is 0 Å². The van der Waals surface area contributed by atoms with E-state index in [9.17, 15) is 4.79 Å². The standard InChI is InChI=1S/C15H21NO3/c1-3-12-11(2)8-13(19-12)14(17)16-6-4-15(9-16)5-7-18-10-15/h8H,3-7,9-10H2,1-2H3/t15-/m0/s1. The minimum absolute atomic E-state index is 0.0339. The van der Waals surface area contributed by atoms with Crippen LogP contribution in [0.1, 0.15) is 41.6 Å². The van der Waals surface area contributed by atoms with Crippen LogP contribution in [-0.2, 0) is 11.2 Å². The number of ether oxygens (including phenoxy) is 1. The van der Waals surface area contributed by atoms with Crippen LogP contribution in [0.4, 0.5) is 0 Å². The summed E-state index contributed by atoms with van der Waals surface area (Å²) in [6.07, 6.45) is 2.96. The average Bonchev–Trinajstić information content (AvgIpc) is 3.11. The van der Waals surface area contributed by atoms with Gasteiger partial charge in [-0.3, -0.25) is 4.79 Å². The van der Waals surface area contributed by atoms with Gasteiger partial charge in [-0.05, 0) is 31.4 Å². The zero-order valence-electron chi connectivity index (χ0n) is 11.7. The second kappa shape index (κ2) is 4.67. The minimum atomic E-state index is 0.0339. The highest BCUT2D eigenvalue weighted by Crippen LogP contribution is 2.38. The molecule has 2 aliphatic rings. The molecule has 1 amide bonds. The molecule has 4 nitrogen and oxygen atoms in total. The van der Waals surface area contributed by atoms with Crippen LogP contribution in [-0.4, -0.2) is 37.1 Å². The second-order valence-electron chi connectivity index (χ2n) is 5.85. The lowest BCUT2D eigenvalue weighted by Gasteiger charge is -2.21. The van der Waals surface area contributed by atoms with E-state index in [-0.39, 0.29) is 11.3 Å². The summed E-state index contributed by atoms with van der Waals surface area (Å²) in [5.74, 6) is 1.44. The number of furan rings is 1. The number of aryl methyl sites for hydroxylation is 2. The Labute approximate surface area is 113 Å². The van der Waals surface area contributed by atoms with E-state index in [1.54, 1.807) is 0 Å². The molecule has 0 N–H and O–H groups in total. The van der Waals surface area contributed by atoms with Crippen LogP contribution < -0.4 is 0 Å². The predicted octanol–water partition coefficient (Wildman–Crippen LogP) is 2.40. The second-order valence-corrected chi connectivity index (χ2v) is 5.85. The van der Waals surface area contributed by atoms with E-state index < -0.39 is 0 Å². The fourth-order valence-corrected chi connectivity index (χ4v) is 3.21. The van der Waals surface area contributed by atoms with Crippen molar-refractivity contribution < 1.29 is 13.9 Å². The van der Waals surface area contributed by atoms with Crippen LogP contribution in [0.3, 0.4) is 0 Å². The lowest BCUT2D eigenvalue weighted by molar-refractivity contribution is 0.0732. The summed E-state index contributed by atoms with van der Waals surface area (Å²) in [5, 5.41) is 0. The Morgan fingerprint density at radius 1 is 1.47 bits per heavy atom. The molecule has 2 aliphatic heterocycles. The van der Waals surface area contributed by atoms with Crippen molar-refractivity contribution in [3.63, 3.8) is 0 Å². The highest BCUT2D eigenvalue weighted by atomic mass is 16.5. The first-order chi connectivity index (χ1) is 9.13. The molecule has 2 saturated heterocycles. The van der Waals surface area contributed by atoms with Crippen LogP contribution in [0.25, 0.3) is 0 Å². The molecule has 1 aromatic heterocycles. The van der Waals surface area contributed by atoms with E-state index in [4.69, 9.17) is 9.15 Å². The van der Waals surface area contributed by atoms with Crippen LogP contribution in [0, 0.1) is 12.3 Å². The topological polar surface area (TPSA) is 42.7 Å². The largest absolute Gasteiger partial charge is 0.456 e. The third-order valence-corrected chi connectivity index (χ3v) is 4.46. The van der Waals surface area contributed by atoms with E-state index in [1.807, 2.05) is 24.8 Å². The van der Waals surface area contributed by atoms with Gasteiger partial charge in [-0.1, -0.05) is 6.92 Å².